The predicted molar refractivity (Wildman–Crippen MR) is 155 cm³/mol. The first-order chi connectivity index (χ1) is 18.9. The van der Waals surface area contributed by atoms with Crippen molar-refractivity contribution >= 4 is 29.8 Å². The summed E-state index contributed by atoms with van der Waals surface area (Å²) in [6.45, 7) is 8.99. The van der Waals surface area contributed by atoms with Gasteiger partial charge in [-0.3, -0.25) is 23.7 Å². The molecule has 1 aliphatic heterocycles. The van der Waals surface area contributed by atoms with E-state index in [1.54, 1.807) is 29.3 Å². The number of nitrogens with zero attached hydrogens (tertiary/aromatic N) is 4. The number of carbonyl (C=O) groups is 2. The van der Waals surface area contributed by atoms with Gasteiger partial charge < -0.3 is 5.11 Å². The molecule has 0 unspecified atom stereocenters. The van der Waals surface area contributed by atoms with Gasteiger partial charge in [-0.15, -0.1) is 0 Å². The lowest BCUT2D eigenvalue weighted by molar-refractivity contribution is -0.122. The highest BCUT2D eigenvalue weighted by Crippen LogP contribution is 2.42. The van der Waals surface area contributed by atoms with Crippen molar-refractivity contribution in [2.75, 3.05) is 13.1 Å². The number of urea groups is 1. The molecular weight excluding hydrogens is 512 g/mol. The summed E-state index contributed by atoms with van der Waals surface area (Å²) in [4.78, 5) is 43.1. The van der Waals surface area contributed by atoms with Gasteiger partial charge in [0.15, 0.2) is 0 Å². The zero-order valence-corrected chi connectivity index (χ0v) is 23.8. The molecule has 8 nitrogen and oxygen atoms in total. The molecule has 1 aromatic carbocycles. The van der Waals surface area contributed by atoms with Gasteiger partial charge in [-0.1, -0.05) is 42.1 Å². The minimum atomic E-state index is -0.284. The molecule has 1 saturated heterocycles. The first kappa shape index (κ1) is 28.3. The summed E-state index contributed by atoms with van der Waals surface area (Å²) in [6, 6.07) is 9.81. The van der Waals surface area contributed by atoms with E-state index in [0.29, 0.717) is 37.6 Å². The van der Waals surface area contributed by atoms with Crippen molar-refractivity contribution < 1.29 is 14.7 Å². The van der Waals surface area contributed by atoms with Crippen LogP contribution < -0.4 is 5.69 Å². The van der Waals surface area contributed by atoms with Crippen LogP contribution in [0.2, 0.25) is 0 Å². The lowest BCUT2D eigenvalue weighted by Crippen LogP contribution is -2.32. The molecule has 1 fully saturated rings. The fraction of sp³-hybridized carbons (Fsp3) is 0.367. The van der Waals surface area contributed by atoms with Crippen LogP contribution in [0, 0.1) is 0 Å². The van der Waals surface area contributed by atoms with Gasteiger partial charge in [0.1, 0.15) is 11.4 Å². The largest absolute Gasteiger partial charge is 0.493 e. The molecule has 2 heterocycles. The smallest absolute Gasteiger partial charge is 0.331 e. The highest BCUT2D eigenvalue weighted by atomic mass is 32.2. The summed E-state index contributed by atoms with van der Waals surface area (Å²) in [5.74, 6) is -0.294. The maximum atomic E-state index is 12.8. The second-order valence-electron chi connectivity index (χ2n) is 9.26. The second kappa shape index (κ2) is 12.4. The number of benzene rings is 1. The molecule has 39 heavy (non-hydrogen) atoms. The van der Waals surface area contributed by atoms with Crippen LogP contribution in [0.15, 0.2) is 80.0 Å². The van der Waals surface area contributed by atoms with E-state index >= 15 is 0 Å². The van der Waals surface area contributed by atoms with E-state index < -0.39 is 0 Å². The quantitative estimate of drug-likeness (QED) is 0.318. The number of aromatic hydroxyl groups is 1. The first-order valence-corrected chi connectivity index (χ1v) is 14.4. The van der Waals surface area contributed by atoms with Crippen LogP contribution in [0.25, 0.3) is 6.08 Å². The van der Waals surface area contributed by atoms with Crippen LogP contribution in [0.1, 0.15) is 52.7 Å². The SMILES string of the molecule is CCN1C(=O)C(=CC=CC2=C(Sc3ccccc3)C(=Cc3c(O)n(CC)c(=O)n3CC)CCC2)N(CC)C1=O. The van der Waals surface area contributed by atoms with Crippen LogP contribution in [0.3, 0.4) is 0 Å². The standard InChI is InChI=1S/C30H36N4O4S/c1-5-31-24(27(35)33(7-3)29(31)37)19-13-15-21-14-12-16-22(26(21)39-23-17-10-9-11-18-23)20-25-28(36)34(8-4)30(38)32(25)6-2/h9-11,13,15,17-20,36H,5-8,12,14,16H2,1-4H3. The fourth-order valence-corrected chi connectivity index (χ4v) is 6.15. The van der Waals surface area contributed by atoms with Gasteiger partial charge in [0.05, 0.1) is 0 Å². The summed E-state index contributed by atoms with van der Waals surface area (Å²) < 4.78 is 2.99. The second-order valence-corrected chi connectivity index (χ2v) is 10.3. The fourth-order valence-electron chi connectivity index (χ4n) is 5.02. The van der Waals surface area contributed by atoms with E-state index in [2.05, 4.69) is 12.1 Å². The number of hydrogen-bond donors (Lipinski definition) is 1. The van der Waals surface area contributed by atoms with E-state index in [1.807, 2.05) is 57.2 Å². The monoisotopic (exact) mass is 548 g/mol. The summed E-state index contributed by atoms with van der Waals surface area (Å²) in [7, 11) is 0. The number of hydrogen-bond acceptors (Lipinski definition) is 5. The molecule has 0 atom stereocenters. The van der Waals surface area contributed by atoms with Gasteiger partial charge in [-0.25, -0.2) is 9.59 Å². The molecule has 4 rings (SSSR count). The first-order valence-electron chi connectivity index (χ1n) is 13.6. The Kier molecular flexibility index (Phi) is 9.01. The van der Waals surface area contributed by atoms with E-state index in [4.69, 9.17) is 0 Å². The molecule has 1 N–H and O–H groups in total. The minimum Gasteiger partial charge on any atom is -0.493 e. The van der Waals surface area contributed by atoms with Crippen LogP contribution in [-0.2, 0) is 17.9 Å². The van der Waals surface area contributed by atoms with Crippen molar-refractivity contribution in [3.63, 3.8) is 0 Å². The molecule has 9 heteroatoms. The Bertz CT molecular complexity index is 1430. The van der Waals surface area contributed by atoms with Crippen molar-refractivity contribution in [2.24, 2.45) is 0 Å². The molecule has 0 saturated carbocycles. The van der Waals surface area contributed by atoms with Gasteiger partial charge in [0.2, 0.25) is 5.88 Å². The number of rotatable bonds is 9. The van der Waals surface area contributed by atoms with Crippen LogP contribution in [0.5, 0.6) is 5.88 Å². The van der Waals surface area contributed by atoms with Crippen molar-refractivity contribution in [1.29, 1.82) is 0 Å². The maximum absolute atomic E-state index is 12.8. The van der Waals surface area contributed by atoms with Gasteiger partial charge in [-0.05, 0) is 82.4 Å². The summed E-state index contributed by atoms with van der Waals surface area (Å²) in [5.41, 5.74) is 2.83. The Labute approximate surface area is 233 Å². The van der Waals surface area contributed by atoms with Crippen molar-refractivity contribution in [3.05, 3.63) is 86.5 Å². The van der Waals surface area contributed by atoms with Gasteiger partial charge in [-0.2, -0.15) is 0 Å². The number of allylic oxidation sites excluding steroid dienone is 5. The van der Waals surface area contributed by atoms with Crippen LogP contribution in [0.4, 0.5) is 4.79 Å². The average Bonchev–Trinajstić information content (AvgIpc) is 3.31. The summed E-state index contributed by atoms with van der Waals surface area (Å²) >= 11 is 1.65. The van der Waals surface area contributed by atoms with E-state index in [9.17, 15) is 19.5 Å². The molecule has 1 aromatic heterocycles. The molecule has 1 aliphatic carbocycles. The summed E-state index contributed by atoms with van der Waals surface area (Å²) in [6.07, 6.45) is 10.1. The van der Waals surface area contributed by atoms with E-state index in [1.165, 1.54) is 14.4 Å². The third-order valence-corrected chi connectivity index (χ3v) is 8.26. The normalized spacial score (nSPS) is 18.6. The van der Waals surface area contributed by atoms with Gasteiger partial charge in [0.25, 0.3) is 5.91 Å². The number of likely N-dealkylation sites (N-methyl/N-ethyl adjacent to an activating group) is 2. The topological polar surface area (TPSA) is 87.8 Å². The molecular formula is C30H36N4O4S. The van der Waals surface area contributed by atoms with Crippen molar-refractivity contribution in [2.45, 2.75) is 64.9 Å². The summed E-state index contributed by atoms with van der Waals surface area (Å²) in [5, 5.41) is 10.9. The Hall–Kier alpha value is -3.72. The Morgan fingerprint density at radius 3 is 2.23 bits per heavy atom. The Morgan fingerprint density at radius 1 is 0.897 bits per heavy atom. The van der Waals surface area contributed by atoms with E-state index in [0.717, 1.165) is 40.2 Å². The lowest BCUT2D eigenvalue weighted by Gasteiger charge is -2.22. The number of thioether (sulfide) groups is 1. The molecule has 0 bridgehead atoms. The average molecular weight is 549 g/mol. The van der Waals surface area contributed by atoms with E-state index in [-0.39, 0.29) is 23.5 Å². The molecule has 2 aromatic rings. The third kappa shape index (κ3) is 5.54. The molecule has 3 amide bonds. The van der Waals surface area contributed by atoms with Crippen molar-refractivity contribution in [1.82, 2.24) is 18.9 Å². The molecule has 0 radical (unpaired) electrons. The highest BCUT2D eigenvalue weighted by molar-refractivity contribution is 8.03. The number of amides is 3. The number of imidazole rings is 1. The minimum absolute atomic E-state index is 0.0159. The molecule has 2 aliphatic rings. The van der Waals surface area contributed by atoms with Crippen LogP contribution in [-0.4, -0.2) is 49.1 Å². The lowest BCUT2D eigenvalue weighted by atomic mass is 9.93. The Morgan fingerprint density at radius 2 is 1.59 bits per heavy atom. The van der Waals surface area contributed by atoms with Gasteiger partial charge >= 0.3 is 11.7 Å². The third-order valence-electron chi connectivity index (χ3n) is 7.02. The van der Waals surface area contributed by atoms with Crippen molar-refractivity contribution in [3.8, 4) is 5.88 Å². The number of carbonyl (C=O) groups excluding carboxylic acids is 2. The zero-order chi connectivity index (χ0) is 28.1. The zero-order valence-electron chi connectivity index (χ0n) is 23.0. The maximum Gasteiger partial charge on any atom is 0.331 e. The highest BCUT2D eigenvalue weighted by Gasteiger charge is 2.38. The predicted octanol–water partition coefficient (Wildman–Crippen LogP) is 5.75. The number of imide groups is 1. The molecule has 206 valence electrons. The van der Waals surface area contributed by atoms with Crippen LogP contribution >= 0.6 is 11.8 Å². The van der Waals surface area contributed by atoms with Gasteiger partial charge in [0, 0.05) is 36.0 Å². The number of aromatic nitrogens is 2. The Balaban J connectivity index is 1.79. The molecule has 0 spiro atoms.